The van der Waals surface area contributed by atoms with Gasteiger partial charge in [0.15, 0.2) is 0 Å². The maximum absolute atomic E-state index is 6.22. The summed E-state index contributed by atoms with van der Waals surface area (Å²) in [5.41, 5.74) is 13.8. The zero-order valence-corrected chi connectivity index (χ0v) is 25.5. The van der Waals surface area contributed by atoms with Crippen LogP contribution in [0.4, 0.5) is 17.1 Å². The molecule has 1 aliphatic carbocycles. The molecule has 1 unspecified atom stereocenters. The van der Waals surface area contributed by atoms with Crippen LogP contribution in [0.3, 0.4) is 0 Å². The van der Waals surface area contributed by atoms with Crippen molar-refractivity contribution in [1.82, 2.24) is 0 Å². The monoisotopic (exact) mass is 589 g/mol. The van der Waals surface area contributed by atoms with Crippen molar-refractivity contribution in [2.45, 2.75) is 12.3 Å². The Bertz CT molecular complexity index is 2370. The average molecular weight is 590 g/mol. The molecule has 0 fully saturated rings. The van der Waals surface area contributed by atoms with Gasteiger partial charge in [0, 0.05) is 33.2 Å². The fourth-order valence-electron chi connectivity index (χ4n) is 7.44. The average Bonchev–Trinajstić information content (AvgIpc) is 3.62. The number of para-hydroxylation sites is 1. The Morgan fingerprint density at radius 2 is 1.02 bits per heavy atom. The first kappa shape index (κ1) is 26.5. The largest absolute Gasteiger partial charge is 0.456 e. The Kier molecular flexibility index (Phi) is 5.97. The van der Waals surface area contributed by atoms with E-state index >= 15 is 0 Å². The van der Waals surface area contributed by atoms with Crippen molar-refractivity contribution in [3.63, 3.8) is 0 Å². The van der Waals surface area contributed by atoms with E-state index in [1.807, 2.05) is 12.1 Å². The maximum atomic E-state index is 6.22. The third-order valence-electron chi connectivity index (χ3n) is 9.76. The Labute approximate surface area is 268 Å². The zero-order valence-electron chi connectivity index (χ0n) is 25.5. The SMILES string of the molecule is CC1(c2ccccc2)c2ccccc2-c2ccc(N(c3ccc(-c4ccccc4)cc3)c3ccc4oc5ccccc5c4c3)cc21. The summed E-state index contributed by atoms with van der Waals surface area (Å²) in [5.74, 6) is 0. The van der Waals surface area contributed by atoms with Gasteiger partial charge in [0.1, 0.15) is 11.2 Å². The molecule has 9 rings (SSSR count). The maximum Gasteiger partial charge on any atom is 0.135 e. The van der Waals surface area contributed by atoms with Crippen LogP contribution in [-0.4, -0.2) is 0 Å². The molecule has 0 radical (unpaired) electrons. The van der Waals surface area contributed by atoms with E-state index in [0.29, 0.717) is 0 Å². The molecule has 218 valence electrons. The van der Waals surface area contributed by atoms with Crippen molar-refractivity contribution in [2.75, 3.05) is 4.90 Å². The minimum absolute atomic E-state index is 0.281. The summed E-state index contributed by atoms with van der Waals surface area (Å²) < 4.78 is 6.22. The van der Waals surface area contributed by atoms with E-state index in [-0.39, 0.29) is 5.41 Å². The van der Waals surface area contributed by atoms with Crippen LogP contribution < -0.4 is 4.90 Å². The van der Waals surface area contributed by atoms with Crippen molar-refractivity contribution in [3.8, 4) is 22.3 Å². The number of hydrogen-bond donors (Lipinski definition) is 0. The predicted molar refractivity (Wildman–Crippen MR) is 191 cm³/mol. The first-order valence-corrected chi connectivity index (χ1v) is 15.9. The molecule has 0 aliphatic heterocycles. The third-order valence-corrected chi connectivity index (χ3v) is 9.76. The van der Waals surface area contributed by atoms with E-state index < -0.39 is 0 Å². The highest BCUT2D eigenvalue weighted by molar-refractivity contribution is 6.06. The molecule has 0 spiro atoms. The zero-order chi connectivity index (χ0) is 30.7. The number of benzene rings is 7. The highest BCUT2D eigenvalue weighted by atomic mass is 16.3. The van der Waals surface area contributed by atoms with Gasteiger partial charge in [-0.1, -0.05) is 121 Å². The molecular formula is C44H31NO. The van der Waals surface area contributed by atoms with E-state index in [9.17, 15) is 0 Å². The number of anilines is 3. The van der Waals surface area contributed by atoms with Gasteiger partial charge < -0.3 is 9.32 Å². The molecule has 2 heteroatoms. The summed E-state index contributed by atoms with van der Waals surface area (Å²) in [5, 5.41) is 2.24. The second-order valence-corrected chi connectivity index (χ2v) is 12.3. The molecule has 0 bridgehead atoms. The lowest BCUT2D eigenvalue weighted by molar-refractivity contribution is 0.669. The second kappa shape index (κ2) is 10.4. The molecular weight excluding hydrogens is 558 g/mol. The number of hydrogen-bond acceptors (Lipinski definition) is 2. The summed E-state index contributed by atoms with van der Waals surface area (Å²) in [6.45, 7) is 2.37. The van der Waals surface area contributed by atoms with E-state index in [0.717, 1.165) is 39.0 Å². The lowest BCUT2D eigenvalue weighted by Gasteiger charge is -2.31. The Balaban J connectivity index is 1.25. The molecule has 7 aromatic carbocycles. The lowest BCUT2D eigenvalue weighted by Crippen LogP contribution is -2.22. The molecule has 0 saturated carbocycles. The molecule has 0 saturated heterocycles. The Morgan fingerprint density at radius 1 is 0.435 bits per heavy atom. The van der Waals surface area contributed by atoms with Gasteiger partial charge in [-0.25, -0.2) is 0 Å². The van der Waals surface area contributed by atoms with Gasteiger partial charge in [-0.3, -0.25) is 0 Å². The van der Waals surface area contributed by atoms with Gasteiger partial charge in [-0.05, 0) is 94.4 Å². The van der Waals surface area contributed by atoms with Crippen molar-refractivity contribution in [3.05, 3.63) is 187 Å². The van der Waals surface area contributed by atoms with Gasteiger partial charge >= 0.3 is 0 Å². The highest BCUT2D eigenvalue weighted by Gasteiger charge is 2.41. The third kappa shape index (κ3) is 4.04. The summed E-state index contributed by atoms with van der Waals surface area (Å²) in [7, 11) is 0. The van der Waals surface area contributed by atoms with Crippen LogP contribution in [0.25, 0.3) is 44.2 Å². The molecule has 1 heterocycles. The molecule has 1 aliphatic rings. The smallest absolute Gasteiger partial charge is 0.135 e. The second-order valence-electron chi connectivity index (χ2n) is 12.3. The molecule has 0 amide bonds. The molecule has 1 aromatic heterocycles. The first-order chi connectivity index (χ1) is 22.7. The number of fused-ring (bicyclic) bond motifs is 6. The number of nitrogens with zero attached hydrogens (tertiary/aromatic N) is 1. The normalized spacial score (nSPS) is 15.2. The van der Waals surface area contributed by atoms with E-state index in [4.69, 9.17) is 4.42 Å². The molecule has 46 heavy (non-hydrogen) atoms. The van der Waals surface area contributed by atoms with E-state index in [2.05, 4.69) is 170 Å². The quantitative estimate of drug-likeness (QED) is 0.199. The van der Waals surface area contributed by atoms with Gasteiger partial charge in [0.05, 0.1) is 0 Å². The van der Waals surface area contributed by atoms with Crippen LogP contribution in [0.15, 0.2) is 174 Å². The van der Waals surface area contributed by atoms with Crippen LogP contribution in [0.2, 0.25) is 0 Å². The summed E-state index contributed by atoms with van der Waals surface area (Å²) >= 11 is 0. The van der Waals surface area contributed by atoms with Crippen LogP contribution in [-0.2, 0) is 5.41 Å². The van der Waals surface area contributed by atoms with Crippen LogP contribution >= 0.6 is 0 Å². The summed E-state index contributed by atoms with van der Waals surface area (Å²) in [4.78, 5) is 2.38. The minimum Gasteiger partial charge on any atom is -0.456 e. The fraction of sp³-hybridized carbons (Fsp3) is 0.0455. The van der Waals surface area contributed by atoms with Crippen LogP contribution in [0.5, 0.6) is 0 Å². The summed E-state index contributed by atoms with van der Waals surface area (Å²) in [6.07, 6.45) is 0. The Morgan fingerprint density at radius 3 is 1.85 bits per heavy atom. The minimum atomic E-state index is -0.281. The lowest BCUT2D eigenvalue weighted by atomic mass is 9.74. The first-order valence-electron chi connectivity index (χ1n) is 15.9. The fourth-order valence-corrected chi connectivity index (χ4v) is 7.44. The van der Waals surface area contributed by atoms with Gasteiger partial charge in [0.25, 0.3) is 0 Å². The van der Waals surface area contributed by atoms with E-state index in [1.54, 1.807) is 0 Å². The molecule has 2 nitrogen and oxygen atoms in total. The van der Waals surface area contributed by atoms with Crippen LogP contribution in [0, 0.1) is 0 Å². The standard InChI is InChI=1S/C44H31NO/c1-44(32-14-6-3-7-15-32)40-18-10-8-16-36(40)37-26-24-35(29-41(37)44)45(33-22-20-31(21-23-33)30-12-4-2-5-13-30)34-25-27-43-39(28-34)38-17-9-11-19-42(38)46-43/h2-29H,1H3. The molecule has 1 atom stereocenters. The predicted octanol–water partition coefficient (Wildman–Crippen LogP) is 12.1. The molecule has 8 aromatic rings. The van der Waals surface area contributed by atoms with Gasteiger partial charge in [-0.2, -0.15) is 0 Å². The van der Waals surface area contributed by atoms with Gasteiger partial charge in [0.2, 0.25) is 0 Å². The van der Waals surface area contributed by atoms with Crippen molar-refractivity contribution >= 4 is 39.0 Å². The van der Waals surface area contributed by atoms with Gasteiger partial charge in [-0.15, -0.1) is 0 Å². The number of furan rings is 1. The van der Waals surface area contributed by atoms with Crippen molar-refractivity contribution in [1.29, 1.82) is 0 Å². The Hall–Kier alpha value is -5.86. The number of rotatable bonds is 5. The van der Waals surface area contributed by atoms with Crippen molar-refractivity contribution < 1.29 is 4.42 Å². The van der Waals surface area contributed by atoms with Crippen molar-refractivity contribution in [2.24, 2.45) is 0 Å². The van der Waals surface area contributed by atoms with E-state index in [1.165, 1.54) is 38.9 Å². The molecule has 0 N–H and O–H groups in total. The highest BCUT2D eigenvalue weighted by Crippen LogP contribution is 2.54. The topological polar surface area (TPSA) is 16.4 Å². The summed E-state index contributed by atoms with van der Waals surface area (Å²) in [6, 6.07) is 61.1. The van der Waals surface area contributed by atoms with Crippen LogP contribution in [0.1, 0.15) is 23.6 Å².